The van der Waals surface area contributed by atoms with E-state index in [1.165, 1.54) is 11.1 Å². The highest BCUT2D eigenvalue weighted by molar-refractivity contribution is 5.78. The zero-order chi connectivity index (χ0) is 17.9. The summed E-state index contributed by atoms with van der Waals surface area (Å²) in [4.78, 5) is 12.6. The minimum Gasteiger partial charge on any atom is -0.354 e. The van der Waals surface area contributed by atoms with Crippen LogP contribution in [-0.2, 0) is 17.6 Å². The smallest absolute Gasteiger partial charge is 0.223 e. The van der Waals surface area contributed by atoms with Crippen molar-refractivity contribution in [2.45, 2.75) is 31.7 Å². The van der Waals surface area contributed by atoms with Crippen molar-refractivity contribution in [3.8, 4) is 0 Å². The van der Waals surface area contributed by atoms with Gasteiger partial charge in [0.05, 0.1) is 0 Å². The normalized spacial score (nSPS) is 12.1. The molecule has 0 fully saturated rings. The molecule has 2 rings (SSSR count). The molecule has 2 aromatic carbocycles. The van der Waals surface area contributed by atoms with E-state index < -0.39 is 0 Å². The highest BCUT2D eigenvalue weighted by atomic mass is 16.1. The van der Waals surface area contributed by atoms with E-state index >= 15 is 0 Å². The number of benzene rings is 2. The first-order chi connectivity index (χ1) is 12.2. The van der Waals surface area contributed by atoms with Gasteiger partial charge in [-0.05, 0) is 36.8 Å². The second-order valence-electron chi connectivity index (χ2n) is 6.49. The van der Waals surface area contributed by atoms with E-state index in [1.807, 2.05) is 36.4 Å². The summed E-state index contributed by atoms with van der Waals surface area (Å²) in [6.45, 7) is 0.807. The first-order valence-electron chi connectivity index (χ1n) is 9.00. The van der Waals surface area contributed by atoms with Crippen LogP contribution < -0.4 is 16.8 Å². The number of hydrogen-bond acceptors (Lipinski definition) is 3. The molecule has 0 heterocycles. The van der Waals surface area contributed by atoms with Gasteiger partial charge in [-0.3, -0.25) is 4.79 Å². The fraction of sp³-hybridized carbons (Fsp3) is 0.381. The molecule has 25 heavy (non-hydrogen) atoms. The lowest BCUT2D eigenvalue weighted by Gasteiger charge is -2.18. The van der Waals surface area contributed by atoms with E-state index in [1.54, 1.807) is 0 Å². The van der Waals surface area contributed by atoms with E-state index in [0.29, 0.717) is 13.1 Å². The van der Waals surface area contributed by atoms with Crippen molar-refractivity contribution < 1.29 is 4.79 Å². The maximum Gasteiger partial charge on any atom is 0.223 e. The van der Waals surface area contributed by atoms with Gasteiger partial charge >= 0.3 is 0 Å². The number of carbonyl (C=O) groups excluding carboxylic acids is 1. The van der Waals surface area contributed by atoms with Crippen molar-refractivity contribution in [2.75, 3.05) is 13.1 Å². The van der Waals surface area contributed by atoms with Crippen LogP contribution >= 0.6 is 0 Å². The van der Waals surface area contributed by atoms with Crippen molar-refractivity contribution in [1.29, 1.82) is 0 Å². The summed E-state index contributed by atoms with van der Waals surface area (Å²) < 4.78 is 0. The number of nitrogens with one attached hydrogen (secondary N) is 1. The molecule has 0 aliphatic rings. The molecule has 1 atom stereocenters. The standard InChI is InChI=1S/C21H29N3O/c22-15-20(23)16-24-21(25)19(13-11-17-7-3-1-4-8-17)14-12-18-9-5-2-6-10-18/h1-10,19-20H,11-16,22-23H2,(H,24,25)/t20-/m0/s1. The summed E-state index contributed by atoms with van der Waals surface area (Å²) in [5.74, 6) is 0.0566. The molecule has 4 nitrogen and oxygen atoms in total. The first kappa shape index (κ1) is 19.2. The Kier molecular flexibility index (Phi) is 8.16. The van der Waals surface area contributed by atoms with Crippen LogP contribution in [0.4, 0.5) is 0 Å². The fourth-order valence-electron chi connectivity index (χ4n) is 2.84. The summed E-state index contributed by atoms with van der Waals surface area (Å²) in [6, 6.07) is 20.4. The Bertz CT molecular complexity index is 572. The molecule has 2 aromatic rings. The molecule has 0 unspecified atom stereocenters. The topological polar surface area (TPSA) is 81.1 Å². The second-order valence-corrected chi connectivity index (χ2v) is 6.49. The molecule has 0 aromatic heterocycles. The SMILES string of the molecule is NC[C@H](N)CNC(=O)C(CCc1ccccc1)CCc1ccccc1. The number of rotatable bonds is 10. The van der Waals surface area contributed by atoms with Gasteiger partial charge in [0.2, 0.25) is 5.91 Å². The van der Waals surface area contributed by atoms with Crippen LogP contribution in [0.5, 0.6) is 0 Å². The Hall–Kier alpha value is -2.17. The van der Waals surface area contributed by atoms with Crippen LogP contribution in [-0.4, -0.2) is 25.0 Å². The maximum absolute atomic E-state index is 12.6. The minimum absolute atomic E-state index is 0.0228. The minimum atomic E-state index is -0.187. The van der Waals surface area contributed by atoms with Crippen LogP contribution in [0.2, 0.25) is 0 Å². The summed E-state index contributed by atoms with van der Waals surface area (Å²) in [6.07, 6.45) is 3.47. The largest absolute Gasteiger partial charge is 0.354 e. The Morgan fingerprint density at radius 2 is 1.36 bits per heavy atom. The molecule has 0 spiro atoms. The van der Waals surface area contributed by atoms with Gasteiger partial charge in [-0.2, -0.15) is 0 Å². The monoisotopic (exact) mass is 339 g/mol. The van der Waals surface area contributed by atoms with Gasteiger partial charge in [-0.1, -0.05) is 60.7 Å². The van der Waals surface area contributed by atoms with Gasteiger partial charge in [-0.25, -0.2) is 0 Å². The van der Waals surface area contributed by atoms with E-state index in [9.17, 15) is 4.79 Å². The molecule has 0 bridgehead atoms. The fourth-order valence-corrected chi connectivity index (χ4v) is 2.84. The van der Waals surface area contributed by atoms with Gasteiger partial charge in [0.1, 0.15) is 0 Å². The summed E-state index contributed by atoms with van der Waals surface area (Å²) >= 11 is 0. The first-order valence-corrected chi connectivity index (χ1v) is 9.00. The molecule has 134 valence electrons. The Labute approximate surface area is 150 Å². The number of amides is 1. The molecule has 0 aliphatic heterocycles. The van der Waals surface area contributed by atoms with Gasteiger partial charge in [0.25, 0.3) is 0 Å². The molecule has 0 saturated carbocycles. The van der Waals surface area contributed by atoms with Crippen molar-refractivity contribution in [3.05, 3.63) is 71.8 Å². The number of aryl methyl sites for hydroxylation is 2. The molecule has 0 radical (unpaired) electrons. The zero-order valence-electron chi connectivity index (χ0n) is 14.7. The van der Waals surface area contributed by atoms with E-state index in [-0.39, 0.29) is 17.9 Å². The van der Waals surface area contributed by atoms with Crippen molar-refractivity contribution in [2.24, 2.45) is 17.4 Å². The Morgan fingerprint density at radius 1 is 0.880 bits per heavy atom. The van der Waals surface area contributed by atoms with Crippen LogP contribution in [0.3, 0.4) is 0 Å². The summed E-state index contributed by atoms with van der Waals surface area (Å²) in [5.41, 5.74) is 13.9. The zero-order valence-corrected chi connectivity index (χ0v) is 14.7. The molecule has 4 heteroatoms. The number of nitrogens with two attached hydrogens (primary N) is 2. The Morgan fingerprint density at radius 3 is 1.80 bits per heavy atom. The molecule has 1 amide bonds. The van der Waals surface area contributed by atoms with Crippen LogP contribution in [0.15, 0.2) is 60.7 Å². The predicted molar refractivity (Wildman–Crippen MR) is 103 cm³/mol. The molecule has 5 N–H and O–H groups in total. The average Bonchev–Trinajstić information content (AvgIpc) is 2.67. The third-order valence-corrected chi connectivity index (χ3v) is 4.46. The van der Waals surface area contributed by atoms with Crippen LogP contribution in [0.1, 0.15) is 24.0 Å². The average molecular weight is 339 g/mol. The van der Waals surface area contributed by atoms with Crippen molar-refractivity contribution in [1.82, 2.24) is 5.32 Å². The van der Waals surface area contributed by atoms with Crippen LogP contribution in [0, 0.1) is 5.92 Å². The molecule has 0 saturated heterocycles. The predicted octanol–water partition coefficient (Wildman–Crippen LogP) is 2.27. The van der Waals surface area contributed by atoms with Gasteiger partial charge in [-0.15, -0.1) is 0 Å². The summed E-state index contributed by atoms with van der Waals surface area (Å²) in [7, 11) is 0. The lowest BCUT2D eigenvalue weighted by molar-refractivity contribution is -0.125. The maximum atomic E-state index is 12.6. The van der Waals surface area contributed by atoms with Gasteiger partial charge in [0, 0.05) is 25.0 Å². The Balaban J connectivity index is 1.93. The van der Waals surface area contributed by atoms with E-state index in [2.05, 4.69) is 29.6 Å². The lowest BCUT2D eigenvalue weighted by Crippen LogP contribution is -2.43. The highest BCUT2D eigenvalue weighted by Crippen LogP contribution is 2.17. The lowest BCUT2D eigenvalue weighted by atomic mass is 9.92. The summed E-state index contributed by atoms with van der Waals surface area (Å²) in [5, 5.41) is 2.96. The van der Waals surface area contributed by atoms with E-state index in [4.69, 9.17) is 11.5 Å². The number of carbonyl (C=O) groups is 1. The van der Waals surface area contributed by atoms with Crippen LogP contribution in [0.25, 0.3) is 0 Å². The van der Waals surface area contributed by atoms with Crippen molar-refractivity contribution >= 4 is 5.91 Å². The molecular formula is C21H29N3O. The van der Waals surface area contributed by atoms with Crippen molar-refractivity contribution in [3.63, 3.8) is 0 Å². The number of hydrogen-bond donors (Lipinski definition) is 3. The third-order valence-electron chi connectivity index (χ3n) is 4.46. The van der Waals surface area contributed by atoms with Gasteiger partial charge in [0.15, 0.2) is 0 Å². The third kappa shape index (κ3) is 7.08. The van der Waals surface area contributed by atoms with Gasteiger partial charge < -0.3 is 16.8 Å². The van der Waals surface area contributed by atoms with E-state index in [0.717, 1.165) is 25.7 Å². The quantitative estimate of drug-likeness (QED) is 0.621. The highest BCUT2D eigenvalue weighted by Gasteiger charge is 2.18. The molecule has 0 aliphatic carbocycles. The molecular weight excluding hydrogens is 310 g/mol. The second kappa shape index (κ2) is 10.6.